The third kappa shape index (κ3) is 4.30. The van der Waals surface area contributed by atoms with Crippen molar-refractivity contribution >= 4 is 40.0 Å². The van der Waals surface area contributed by atoms with Crippen LogP contribution in [0.3, 0.4) is 0 Å². The third-order valence-electron chi connectivity index (χ3n) is 4.44. The van der Waals surface area contributed by atoms with Crippen molar-refractivity contribution in [3.8, 4) is 6.07 Å². The van der Waals surface area contributed by atoms with Crippen molar-refractivity contribution in [2.45, 2.75) is 61.9 Å². The molecule has 1 aromatic heterocycles. The van der Waals surface area contributed by atoms with Gasteiger partial charge < -0.3 is 5.32 Å². The Labute approximate surface area is 155 Å². The molecule has 1 unspecified atom stereocenters. The summed E-state index contributed by atoms with van der Waals surface area (Å²) in [7, 11) is 0. The van der Waals surface area contributed by atoms with Gasteiger partial charge in [-0.3, -0.25) is 14.5 Å². The highest BCUT2D eigenvalue weighted by atomic mass is 32.2. The second kappa shape index (κ2) is 7.30. The Kier molecular flexibility index (Phi) is 5.29. The number of rotatable bonds is 8. The summed E-state index contributed by atoms with van der Waals surface area (Å²) < 4.78 is 0.657. The van der Waals surface area contributed by atoms with Crippen molar-refractivity contribution in [1.82, 2.24) is 15.5 Å². The predicted molar refractivity (Wildman–Crippen MR) is 96.3 cm³/mol. The maximum Gasteiger partial charge on any atom is 0.231 e. The van der Waals surface area contributed by atoms with Crippen molar-refractivity contribution in [3.63, 3.8) is 0 Å². The Bertz CT molecular complexity index is 708. The topological polar surface area (TPSA) is 99.0 Å². The molecule has 1 heterocycles. The minimum Gasteiger partial charge on any atom is -0.337 e. The molecule has 0 radical (unpaired) electrons. The van der Waals surface area contributed by atoms with Crippen LogP contribution >= 0.6 is 23.1 Å². The van der Waals surface area contributed by atoms with Gasteiger partial charge >= 0.3 is 0 Å². The summed E-state index contributed by atoms with van der Waals surface area (Å²) in [5.41, 5.74) is -0.778. The molecule has 2 aliphatic rings. The van der Waals surface area contributed by atoms with E-state index < -0.39 is 5.54 Å². The quantitative estimate of drug-likeness (QED) is 0.550. The fraction of sp³-hybridized carbons (Fsp3) is 0.688. The van der Waals surface area contributed by atoms with E-state index in [1.54, 1.807) is 11.8 Å². The van der Waals surface area contributed by atoms with Gasteiger partial charge in [0.05, 0.1) is 11.8 Å². The van der Waals surface area contributed by atoms with Gasteiger partial charge in [-0.25, -0.2) is 0 Å². The summed E-state index contributed by atoms with van der Waals surface area (Å²) in [6, 6.07) is 2.46. The average Bonchev–Trinajstić information content (AvgIpc) is 3.51. The standard InChI is InChI=1S/C16H21N5O2S2/c1-3-13(23)21(11-6-7-11)14-19-20-15(25-14)24-8-12(22)18-16(2,9-17)10-4-5-10/h10-11H,3-8H2,1-2H3,(H,18,22). The first-order chi connectivity index (χ1) is 12.0. The van der Waals surface area contributed by atoms with Gasteiger partial charge in [0.1, 0.15) is 5.54 Å². The van der Waals surface area contributed by atoms with Gasteiger partial charge in [-0.2, -0.15) is 5.26 Å². The maximum absolute atomic E-state index is 12.1. The lowest BCUT2D eigenvalue weighted by atomic mass is 9.98. The zero-order valence-electron chi connectivity index (χ0n) is 14.3. The van der Waals surface area contributed by atoms with Crippen LogP contribution in [0.5, 0.6) is 0 Å². The van der Waals surface area contributed by atoms with E-state index in [0.717, 1.165) is 25.7 Å². The SMILES string of the molecule is CCC(=O)N(c1nnc(SCC(=O)NC(C)(C#N)C2CC2)s1)C1CC1. The molecule has 1 N–H and O–H groups in total. The van der Waals surface area contributed by atoms with E-state index in [2.05, 4.69) is 21.6 Å². The molecular weight excluding hydrogens is 358 g/mol. The zero-order chi connectivity index (χ0) is 18.0. The molecule has 2 fully saturated rings. The molecule has 9 heteroatoms. The largest absolute Gasteiger partial charge is 0.337 e. The van der Waals surface area contributed by atoms with Crippen LogP contribution in [0.4, 0.5) is 5.13 Å². The number of hydrogen-bond acceptors (Lipinski definition) is 7. The van der Waals surface area contributed by atoms with E-state index in [-0.39, 0.29) is 29.5 Å². The van der Waals surface area contributed by atoms with Gasteiger partial charge in [-0.1, -0.05) is 30.0 Å². The second-order valence-electron chi connectivity index (χ2n) is 6.62. The number of nitriles is 1. The first kappa shape index (κ1) is 18.1. The van der Waals surface area contributed by atoms with E-state index in [1.165, 1.54) is 23.1 Å². The molecule has 0 spiro atoms. The number of amides is 2. The molecule has 1 atom stereocenters. The number of nitrogens with one attached hydrogen (secondary N) is 1. The van der Waals surface area contributed by atoms with Crippen LogP contribution in [-0.4, -0.2) is 39.3 Å². The smallest absolute Gasteiger partial charge is 0.231 e. The molecule has 7 nitrogen and oxygen atoms in total. The average molecular weight is 380 g/mol. The molecule has 2 amide bonds. The van der Waals surface area contributed by atoms with Crippen LogP contribution < -0.4 is 10.2 Å². The van der Waals surface area contributed by atoms with Gasteiger partial charge in [0, 0.05) is 12.5 Å². The molecular formula is C16H21N5O2S2. The van der Waals surface area contributed by atoms with E-state index in [4.69, 9.17) is 0 Å². The first-order valence-electron chi connectivity index (χ1n) is 8.47. The van der Waals surface area contributed by atoms with E-state index in [0.29, 0.717) is 15.9 Å². The number of nitrogens with zero attached hydrogens (tertiary/aromatic N) is 4. The molecule has 25 heavy (non-hydrogen) atoms. The lowest BCUT2D eigenvalue weighted by Gasteiger charge is -2.22. The molecule has 134 valence electrons. The van der Waals surface area contributed by atoms with Crippen molar-refractivity contribution in [1.29, 1.82) is 5.26 Å². The fourth-order valence-corrected chi connectivity index (χ4v) is 4.39. The second-order valence-corrected chi connectivity index (χ2v) is 8.80. The highest BCUT2D eigenvalue weighted by molar-refractivity contribution is 8.01. The van der Waals surface area contributed by atoms with Crippen LogP contribution in [-0.2, 0) is 9.59 Å². The Morgan fingerprint density at radius 3 is 2.68 bits per heavy atom. The normalized spacial score (nSPS) is 18.9. The Hall–Kier alpha value is -1.66. The minimum absolute atomic E-state index is 0.0576. The minimum atomic E-state index is -0.778. The summed E-state index contributed by atoms with van der Waals surface area (Å²) in [5, 5.41) is 21.0. The van der Waals surface area contributed by atoms with Crippen molar-refractivity contribution in [3.05, 3.63) is 0 Å². The van der Waals surface area contributed by atoms with Crippen LogP contribution in [0.2, 0.25) is 0 Å². The first-order valence-corrected chi connectivity index (χ1v) is 10.3. The van der Waals surface area contributed by atoms with Gasteiger partial charge in [0.15, 0.2) is 4.34 Å². The highest BCUT2D eigenvalue weighted by Gasteiger charge is 2.43. The number of anilines is 1. The van der Waals surface area contributed by atoms with Crippen molar-refractivity contribution < 1.29 is 9.59 Å². The third-order valence-corrected chi connectivity index (χ3v) is 6.49. The summed E-state index contributed by atoms with van der Waals surface area (Å²) in [5.74, 6) is 0.319. The highest BCUT2D eigenvalue weighted by Crippen LogP contribution is 2.39. The zero-order valence-corrected chi connectivity index (χ0v) is 16.0. The molecule has 3 rings (SSSR count). The van der Waals surface area contributed by atoms with Gasteiger partial charge in [-0.05, 0) is 38.5 Å². The molecule has 0 aliphatic heterocycles. The lowest BCUT2D eigenvalue weighted by molar-refractivity contribution is -0.120. The number of thioether (sulfide) groups is 1. The monoisotopic (exact) mass is 379 g/mol. The van der Waals surface area contributed by atoms with Crippen LogP contribution in [0, 0.1) is 17.2 Å². The van der Waals surface area contributed by atoms with Gasteiger partial charge in [0.2, 0.25) is 16.9 Å². The molecule has 2 aliphatic carbocycles. The van der Waals surface area contributed by atoms with Gasteiger partial charge in [-0.15, -0.1) is 10.2 Å². The van der Waals surface area contributed by atoms with Gasteiger partial charge in [0.25, 0.3) is 0 Å². The number of carbonyl (C=O) groups excluding carboxylic acids is 2. The summed E-state index contributed by atoms with van der Waals surface area (Å²) in [6.07, 6.45) is 4.42. The maximum atomic E-state index is 12.1. The number of aromatic nitrogens is 2. The molecule has 0 aromatic carbocycles. The molecule has 1 aromatic rings. The lowest BCUT2D eigenvalue weighted by Crippen LogP contribution is -2.47. The van der Waals surface area contributed by atoms with Crippen LogP contribution in [0.25, 0.3) is 0 Å². The van der Waals surface area contributed by atoms with Crippen LogP contribution in [0.1, 0.15) is 46.0 Å². The van der Waals surface area contributed by atoms with E-state index in [1.807, 2.05) is 6.92 Å². The Balaban J connectivity index is 1.55. The molecule has 0 saturated heterocycles. The Morgan fingerprint density at radius 2 is 2.12 bits per heavy atom. The summed E-state index contributed by atoms with van der Waals surface area (Å²) in [6.45, 7) is 3.62. The molecule has 0 bridgehead atoms. The van der Waals surface area contributed by atoms with E-state index >= 15 is 0 Å². The summed E-state index contributed by atoms with van der Waals surface area (Å²) in [4.78, 5) is 26.0. The number of carbonyl (C=O) groups is 2. The van der Waals surface area contributed by atoms with E-state index in [9.17, 15) is 14.9 Å². The molecule has 2 saturated carbocycles. The summed E-state index contributed by atoms with van der Waals surface area (Å²) >= 11 is 2.63. The van der Waals surface area contributed by atoms with Crippen molar-refractivity contribution in [2.75, 3.05) is 10.7 Å². The van der Waals surface area contributed by atoms with Crippen LogP contribution in [0.15, 0.2) is 4.34 Å². The predicted octanol–water partition coefficient (Wildman–Crippen LogP) is 2.34. The van der Waals surface area contributed by atoms with Crippen molar-refractivity contribution in [2.24, 2.45) is 5.92 Å². The Morgan fingerprint density at radius 1 is 1.40 bits per heavy atom. The number of hydrogen-bond donors (Lipinski definition) is 1. The fourth-order valence-electron chi connectivity index (χ4n) is 2.66.